The van der Waals surface area contributed by atoms with Crippen molar-refractivity contribution in [3.63, 3.8) is 0 Å². The second kappa shape index (κ2) is 7.49. The van der Waals surface area contributed by atoms with Crippen LogP contribution >= 0.6 is 0 Å². The summed E-state index contributed by atoms with van der Waals surface area (Å²) < 4.78 is 2.10. The maximum atomic E-state index is 12.0. The van der Waals surface area contributed by atoms with E-state index < -0.39 is 0 Å². The number of nitrogens with one attached hydrogen (secondary N) is 1. The van der Waals surface area contributed by atoms with E-state index in [1.165, 1.54) is 0 Å². The first-order valence-corrected chi connectivity index (χ1v) is 8.54. The molecule has 130 valence electrons. The zero-order chi connectivity index (χ0) is 17.8. The summed E-state index contributed by atoms with van der Waals surface area (Å²) in [5.74, 6) is 0.0348. The van der Waals surface area contributed by atoms with E-state index in [4.69, 9.17) is 4.98 Å². The second-order valence-electron chi connectivity index (χ2n) is 6.60. The molecule has 25 heavy (non-hydrogen) atoms. The summed E-state index contributed by atoms with van der Waals surface area (Å²) >= 11 is 0. The van der Waals surface area contributed by atoms with Crippen molar-refractivity contribution in [3.8, 4) is 11.3 Å². The number of hydrogen-bond donors (Lipinski definition) is 1. The fraction of sp³-hybridized carbons (Fsp3) is 0.300. The molecule has 3 aromatic rings. The number of carbonyl (C=O) groups is 1. The van der Waals surface area contributed by atoms with Crippen molar-refractivity contribution in [2.75, 3.05) is 13.6 Å². The van der Waals surface area contributed by atoms with Crippen molar-refractivity contribution in [3.05, 3.63) is 60.4 Å². The van der Waals surface area contributed by atoms with Crippen molar-refractivity contribution >= 4 is 11.6 Å². The lowest BCUT2D eigenvalue weighted by Gasteiger charge is -2.18. The van der Waals surface area contributed by atoms with Gasteiger partial charge in [-0.15, -0.1) is 0 Å². The monoisotopic (exact) mass is 336 g/mol. The molecule has 0 saturated carbocycles. The number of aromatic nitrogens is 2. The average Bonchev–Trinajstić information content (AvgIpc) is 2.93. The fourth-order valence-electron chi connectivity index (χ4n) is 2.95. The minimum Gasteiger partial charge on any atom is -0.353 e. The highest BCUT2D eigenvalue weighted by Gasteiger charge is 2.16. The maximum absolute atomic E-state index is 12.0. The normalized spacial score (nSPS) is 11.4. The van der Waals surface area contributed by atoms with E-state index in [0.717, 1.165) is 22.6 Å². The van der Waals surface area contributed by atoms with E-state index in [-0.39, 0.29) is 11.9 Å². The predicted molar refractivity (Wildman–Crippen MR) is 100 cm³/mol. The molecule has 1 N–H and O–H groups in total. The van der Waals surface area contributed by atoms with Gasteiger partial charge in [0.2, 0.25) is 5.91 Å². The molecule has 0 atom stereocenters. The van der Waals surface area contributed by atoms with Gasteiger partial charge in [0.25, 0.3) is 0 Å². The van der Waals surface area contributed by atoms with Gasteiger partial charge in [0, 0.05) is 24.3 Å². The summed E-state index contributed by atoms with van der Waals surface area (Å²) in [5, 5.41) is 2.93. The molecule has 2 heterocycles. The summed E-state index contributed by atoms with van der Waals surface area (Å²) in [4.78, 5) is 18.8. The van der Waals surface area contributed by atoms with Crippen LogP contribution in [0.2, 0.25) is 0 Å². The van der Waals surface area contributed by atoms with Gasteiger partial charge in [-0.25, -0.2) is 4.98 Å². The molecular weight excluding hydrogens is 312 g/mol. The Morgan fingerprint density at radius 3 is 2.60 bits per heavy atom. The summed E-state index contributed by atoms with van der Waals surface area (Å²) in [6.07, 6.45) is 2.02. The Kier molecular flexibility index (Phi) is 5.14. The molecule has 1 aromatic carbocycles. The van der Waals surface area contributed by atoms with Crippen molar-refractivity contribution < 1.29 is 4.79 Å². The van der Waals surface area contributed by atoms with Crippen molar-refractivity contribution in [2.45, 2.75) is 26.4 Å². The van der Waals surface area contributed by atoms with Crippen LogP contribution in [0, 0.1) is 0 Å². The Hall–Kier alpha value is -2.66. The number of nitrogens with zero attached hydrogens (tertiary/aromatic N) is 3. The van der Waals surface area contributed by atoms with Crippen LogP contribution in [0.4, 0.5) is 0 Å². The van der Waals surface area contributed by atoms with Gasteiger partial charge in [-0.05, 0) is 33.0 Å². The molecule has 0 aliphatic carbocycles. The van der Waals surface area contributed by atoms with E-state index >= 15 is 0 Å². The van der Waals surface area contributed by atoms with Crippen LogP contribution in [0.1, 0.15) is 19.5 Å². The minimum absolute atomic E-state index is 0.0348. The molecule has 0 bridgehead atoms. The van der Waals surface area contributed by atoms with Crippen molar-refractivity contribution in [2.24, 2.45) is 0 Å². The van der Waals surface area contributed by atoms with Crippen LogP contribution in [0.15, 0.2) is 54.7 Å². The number of imidazole rings is 1. The van der Waals surface area contributed by atoms with Crippen LogP contribution in [-0.2, 0) is 11.3 Å². The van der Waals surface area contributed by atoms with Gasteiger partial charge in [-0.3, -0.25) is 9.69 Å². The van der Waals surface area contributed by atoms with E-state index in [0.29, 0.717) is 13.1 Å². The number of hydrogen-bond acceptors (Lipinski definition) is 3. The van der Waals surface area contributed by atoms with E-state index in [1.54, 1.807) is 0 Å². The quantitative estimate of drug-likeness (QED) is 0.753. The number of pyridine rings is 1. The minimum atomic E-state index is 0.0348. The maximum Gasteiger partial charge on any atom is 0.234 e. The van der Waals surface area contributed by atoms with Gasteiger partial charge >= 0.3 is 0 Å². The summed E-state index contributed by atoms with van der Waals surface area (Å²) in [6, 6.07) is 16.3. The highest BCUT2D eigenvalue weighted by atomic mass is 16.2. The Balaban J connectivity index is 1.90. The largest absolute Gasteiger partial charge is 0.353 e. The first kappa shape index (κ1) is 17.2. The highest BCUT2D eigenvalue weighted by molar-refractivity contribution is 5.78. The lowest BCUT2D eigenvalue weighted by Crippen LogP contribution is -2.38. The predicted octanol–water partition coefficient (Wildman–Crippen LogP) is 2.96. The van der Waals surface area contributed by atoms with Gasteiger partial charge in [-0.2, -0.15) is 0 Å². The summed E-state index contributed by atoms with van der Waals surface area (Å²) in [6.45, 7) is 4.93. The summed E-state index contributed by atoms with van der Waals surface area (Å²) in [5.41, 5.74) is 4.04. The zero-order valence-electron chi connectivity index (χ0n) is 14.9. The van der Waals surface area contributed by atoms with Crippen molar-refractivity contribution in [1.82, 2.24) is 19.6 Å². The molecule has 0 fully saturated rings. The van der Waals surface area contributed by atoms with Crippen molar-refractivity contribution in [1.29, 1.82) is 0 Å². The number of likely N-dealkylation sites (N-methyl/N-ethyl adjacent to an activating group) is 1. The molecule has 5 heteroatoms. The molecular formula is C20H24N4O. The molecule has 0 unspecified atom stereocenters. The molecule has 3 rings (SSSR count). The van der Waals surface area contributed by atoms with Crippen LogP contribution in [-0.4, -0.2) is 39.8 Å². The Labute approximate surface area is 148 Å². The molecule has 0 spiro atoms. The number of benzene rings is 1. The second-order valence-corrected chi connectivity index (χ2v) is 6.60. The molecule has 1 amide bonds. The third kappa shape index (κ3) is 4.06. The lowest BCUT2D eigenvalue weighted by molar-refractivity contribution is -0.122. The SMILES string of the molecule is CC(C)NC(=O)CN(C)Cc1c(-c2ccccc2)nc2ccccn12. The van der Waals surface area contributed by atoms with Crippen LogP contribution in [0.25, 0.3) is 16.9 Å². The Bertz CT molecular complexity index is 855. The first-order valence-electron chi connectivity index (χ1n) is 8.54. The molecule has 0 aliphatic rings. The molecule has 0 aliphatic heterocycles. The van der Waals surface area contributed by atoms with E-state index in [9.17, 15) is 4.79 Å². The zero-order valence-corrected chi connectivity index (χ0v) is 14.9. The topological polar surface area (TPSA) is 49.6 Å². The third-order valence-corrected chi connectivity index (χ3v) is 3.96. The number of carbonyl (C=O) groups excluding carboxylic acids is 1. The first-order chi connectivity index (χ1) is 12.0. The van der Waals surface area contributed by atoms with Crippen LogP contribution < -0.4 is 5.32 Å². The standard InChI is InChI=1S/C20H24N4O/c1-15(2)21-19(25)14-23(3)13-17-20(16-9-5-4-6-10-16)22-18-11-7-8-12-24(17)18/h4-12,15H,13-14H2,1-3H3,(H,21,25). The average molecular weight is 336 g/mol. The fourth-order valence-corrected chi connectivity index (χ4v) is 2.95. The van der Waals surface area contributed by atoms with Gasteiger partial charge < -0.3 is 9.72 Å². The smallest absolute Gasteiger partial charge is 0.234 e. The third-order valence-electron chi connectivity index (χ3n) is 3.96. The molecule has 5 nitrogen and oxygen atoms in total. The molecule has 0 radical (unpaired) electrons. The van der Waals surface area contributed by atoms with E-state index in [1.807, 2.05) is 68.4 Å². The molecule has 0 saturated heterocycles. The molecule has 2 aromatic heterocycles. The van der Waals surface area contributed by atoms with E-state index in [2.05, 4.69) is 21.9 Å². The van der Waals surface area contributed by atoms with Crippen LogP contribution in [0.3, 0.4) is 0 Å². The number of rotatable bonds is 6. The van der Waals surface area contributed by atoms with Gasteiger partial charge in [-0.1, -0.05) is 36.4 Å². The van der Waals surface area contributed by atoms with Gasteiger partial charge in [0.15, 0.2) is 0 Å². The highest BCUT2D eigenvalue weighted by Crippen LogP contribution is 2.25. The summed E-state index contributed by atoms with van der Waals surface area (Å²) in [7, 11) is 1.96. The van der Waals surface area contributed by atoms with Gasteiger partial charge in [0.1, 0.15) is 5.65 Å². The Morgan fingerprint density at radius 2 is 1.88 bits per heavy atom. The number of amides is 1. The lowest BCUT2D eigenvalue weighted by atomic mass is 10.1. The Morgan fingerprint density at radius 1 is 1.16 bits per heavy atom. The van der Waals surface area contributed by atoms with Gasteiger partial charge in [0.05, 0.1) is 17.9 Å². The van der Waals surface area contributed by atoms with Crippen LogP contribution in [0.5, 0.6) is 0 Å². The number of fused-ring (bicyclic) bond motifs is 1.